The van der Waals surface area contributed by atoms with E-state index in [9.17, 15) is 0 Å². The average Bonchev–Trinajstić information content (AvgIpc) is 3.03. The van der Waals surface area contributed by atoms with Crippen LogP contribution in [0.3, 0.4) is 0 Å². The largest absolute Gasteiger partial charge is 0.399 e. The molecule has 0 aliphatic heterocycles. The molecular weight excluding hydrogens is 266 g/mol. The summed E-state index contributed by atoms with van der Waals surface area (Å²) in [6.45, 7) is 0.425. The zero-order chi connectivity index (χ0) is 14.7. The summed E-state index contributed by atoms with van der Waals surface area (Å²) in [6.07, 6.45) is 5.96. The number of nitrogens with zero attached hydrogens (tertiary/aromatic N) is 3. The van der Waals surface area contributed by atoms with Gasteiger partial charge in [0.15, 0.2) is 5.82 Å². The summed E-state index contributed by atoms with van der Waals surface area (Å²) in [5, 5.41) is 14.4. The first-order valence-electron chi connectivity index (χ1n) is 6.71. The third-order valence-electron chi connectivity index (χ3n) is 3.79. The van der Waals surface area contributed by atoms with Crippen molar-refractivity contribution in [3.63, 3.8) is 0 Å². The minimum atomic E-state index is -0.543. The van der Waals surface area contributed by atoms with Gasteiger partial charge in [-0.05, 0) is 28.1 Å². The predicted molar refractivity (Wildman–Crippen MR) is 78.3 cm³/mol. The number of benzene rings is 1. The Kier molecular flexibility index (Phi) is 3.53. The molecule has 1 aliphatic carbocycles. The number of aromatic amines is 1. The van der Waals surface area contributed by atoms with Crippen molar-refractivity contribution in [3.8, 4) is 0 Å². The maximum absolute atomic E-state index is 6.02. The highest BCUT2D eigenvalue weighted by Crippen LogP contribution is 2.42. The van der Waals surface area contributed by atoms with E-state index >= 15 is 0 Å². The van der Waals surface area contributed by atoms with Gasteiger partial charge >= 0.3 is 0 Å². The van der Waals surface area contributed by atoms with Gasteiger partial charge in [-0.1, -0.05) is 36.4 Å². The lowest BCUT2D eigenvalue weighted by molar-refractivity contribution is 0.138. The molecule has 0 saturated heterocycles. The molecule has 3 rings (SSSR count). The van der Waals surface area contributed by atoms with Crippen LogP contribution in [0.15, 0.2) is 54.3 Å². The highest BCUT2D eigenvalue weighted by molar-refractivity contribution is 5.43. The Morgan fingerprint density at radius 2 is 2.14 bits per heavy atom. The lowest BCUT2D eigenvalue weighted by atomic mass is 9.69. The molecule has 0 radical (unpaired) electrons. The Labute approximate surface area is 122 Å². The maximum Gasteiger partial charge on any atom is 0.161 e. The van der Waals surface area contributed by atoms with Crippen molar-refractivity contribution in [2.24, 2.45) is 5.73 Å². The first kappa shape index (κ1) is 13.5. The molecule has 0 saturated carbocycles. The number of tetrazole rings is 1. The molecule has 1 aromatic carbocycles. The first-order chi connectivity index (χ1) is 10.3. The van der Waals surface area contributed by atoms with Crippen LogP contribution in [0.2, 0.25) is 0 Å². The second-order valence-corrected chi connectivity index (χ2v) is 5.12. The molecule has 6 heteroatoms. The van der Waals surface area contributed by atoms with E-state index < -0.39 is 5.41 Å². The second-order valence-electron chi connectivity index (χ2n) is 5.12. The van der Waals surface area contributed by atoms with Crippen LogP contribution in [0.5, 0.6) is 0 Å². The summed E-state index contributed by atoms with van der Waals surface area (Å²) in [5.74, 6) is 0.686. The molecule has 2 atom stereocenters. The zero-order valence-corrected chi connectivity index (χ0v) is 11.7. The zero-order valence-electron chi connectivity index (χ0n) is 11.7. The van der Waals surface area contributed by atoms with E-state index in [2.05, 4.69) is 38.8 Å². The molecule has 1 aliphatic rings. The number of aromatic nitrogens is 4. The molecule has 1 heterocycles. The Bertz CT molecular complexity index is 650. The fraction of sp³-hybridized carbons (Fsp3) is 0.267. The standard InChI is InChI=1S/C15H17N5O/c1-21-10-15(14-17-19-20-18-14)9-12(16)7-8-13(15)11-5-3-2-4-6-11/h2-9,13H,10,16H2,1H3,(H,17,18,19,20). The third kappa shape index (κ3) is 2.34. The monoisotopic (exact) mass is 283 g/mol. The van der Waals surface area contributed by atoms with Gasteiger partial charge < -0.3 is 10.5 Å². The van der Waals surface area contributed by atoms with E-state index in [0.29, 0.717) is 18.1 Å². The number of methoxy groups -OCH3 is 1. The Hall–Kier alpha value is -2.47. The van der Waals surface area contributed by atoms with Gasteiger partial charge in [0.2, 0.25) is 0 Å². The summed E-state index contributed by atoms with van der Waals surface area (Å²) in [7, 11) is 1.66. The van der Waals surface area contributed by atoms with Gasteiger partial charge in [0, 0.05) is 18.7 Å². The number of ether oxygens (including phenoxy) is 1. The first-order valence-corrected chi connectivity index (χ1v) is 6.71. The van der Waals surface area contributed by atoms with Crippen molar-refractivity contribution in [3.05, 3.63) is 65.6 Å². The van der Waals surface area contributed by atoms with Crippen molar-refractivity contribution in [1.29, 1.82) is 0 Å². The summed E-state index contributed by atoms with van der Waals surface area (Å²) in [4.78, 5) is 0. The quantitative estimate of drug-likeness (QED) is 0.882. The van der Waals surface area contributed by atoms with Crippen molar-refractivity contribution in [2.45, 2.75) is 11.3 Å². The van der Waals surface area contributed by atoms with Gasteiger partial charge in [0.25, 0.3) is 0 Å². The SMILES string of the molecule is COCC1(c2nnn[nH]2)C=C(N)C=CC1c1ccccc1. The molecular formula is C15H17N5O. The molecule has 1 aromatic heterocycles. The second kappa shape index (κ2) is 5.49. The van der Waals surface area contributed by atoms with E-state index in [4.69, 9.17) is 10.5 Å². The molecule has 0 bridgehead atoms. The van der Waals surface area contributed by atoms with Crippen LogP contribution in [0.1, 0.15) is 17.3 Å². The molecule has 21 heavy (non-hydrogen) atoms. The number of allylic oxidation sites excluding steroid dienone is 2. The van der Waals surface area contributed by atoms with Gasteiger partial charge in [-0.25, -0.2) is 5.10 Å². The van der Waals surface area contributed by atoms with Gasteiger partial charge in [0.1, 0.15) is 0 Å². The number of hydrogen-bond acceptors (Lipinski definition) is 5. The molecule has 6 nitrogen and oxygen atoms in total. The lowest BCUT2D eigenvalue weighted by Crippen LogP contribution is -2.39. The summed E-state index contributed by atoms with van der Waals surface area (Å²) >= 11 is 0. The minimum Gasteiger partial charge on any atom is -0.399 e. The minimum absolute atomic E-state index is 0.0423. The summed E-state index contributed by atoms with van der Waals surface area (Å²) < 4.78 is 5.46. The topological polar surface area (TPSA) is 89.7 Å². The van der Waals surface area contributed by atoms with E-state index in [1.807, 2.05) is 30.4 Å². The Morgan fingerprint density at radius 1 is 1.33 bits per heavy atom. The van der Waals surface area contributed by atoms with Crippen LogP contribution in [-0.2, 0) is 10.2 Å². The number of rotatable bonds is 4. The number of H-pyrrole nitrogens is 1. The number of nitrogens with one attached hydrogen (secondary N) is 1. The molecule has 2 unspecified atom stereocenters. The molecule has 108 valence electrons. The van der Waals surface area contributed by atoms with Crippen LogP contribution >= 0.6 is 0 Å². The van der Waals surface area contributed by atoms with Crippen molar-refractivity contribution in [2.75, 3.05) is 13.7 Å². The fourth-order valence-corrected chi connectivity index (χ4v) is 2.89. The highest BCUT2D eigenvalue weighted by Gasteiger charge is 2.43. The maximum atomic E-state index is 6.02. The molecule has 0 amide bonds. The van der Waals surface area contributed by atoms with E-state index in [1.165, 1.54) is 0 Å². The van der Waals surface area contributed by atoms with E-state index in [0.717, 1.165) is 5.56 Å². The summed E-state index contributed by atoms with van der Waals surface area (Å²) in [5.41, 5.74) is 7.31. The number of hydrogen-bond donors (Lipinski definition) is 2. The highest BCUT2D eigenvalue weighted by atomic mass is 16.5. The Balaban J connectivity index is 2.15. The van der Waals surface area contributed by atoms with Gasteiger partial charge in [-0.15, -0.1) is 5.10 Å². The van der Waals surface area contributed by atoms with Gasteiger partial charge in [-0.2, -0.15) is 0 Å². The van der Waals surface area contributed by atoms with Crippen molar-refractivity contribution < 1.29 is 4.74 Å². The molecule has 3 N–H and O–H groups in total. The van der Waals surface area contributed by atoms with Crippen LogP contribution in [-0.4, -0.2) is 34.3 Å². The number of nitrogens with two attached hydrogens (primary N) is 1. The van der Waals surface area contributed by atoms with E-state index in [1.54, 1.807) is 7.11 Å². The Morgan fingerprint density at radius 3 is 2.81 bits per heavy atom. The fourth-order valence-electron chi connectivity index (χ4n) is 2.89. The lowest BCUT2D eigenvalue weighted by Gasteiger charge is -2.36. The van der Waals surface area contributed by atoms with Crippen molar-refractivity contribution >= 4 is 0 Å². The van der Waals surface area contributed by atoms with Gasteiger partial charge in [-0.3, -0.25) is 0 Å². The van der Waals surface area contributed by atoms with Crippen molar-refractivity contribution in [1.82, 2.24) is 20.6 Å². The smallest absolute Gasteiger partial charge is 0.161 e. The van der Waals surface area contributed by atoms with E-state index in [-0.39, 0.29) is 5.92 Å². The van der Waals surface area contributed by atoms with Crippen LogP contribution in [0, 0.1) is 0 Å². The summed E-state index contributed by atoms with van der Waals surface area (Å²) in [6, 6.07) is 10.2. The normalized spacial score (nSPS) is 24.8. The van der Waals surface area contributed by atoms with Crippen LogP contribution in [0.4, 0.5) is 0 Å². The average molecular weight is 283 g/mol. The van der Waals surface area contributed by atoms with Crippen LogP contribution in [0.25, 0.3) is 0 Å². The van der Waals surface area contributed by atoms with Gasteiger partial charge in [0.05, 0.1) is 12.0 Å². The van der Waals surface area contributed by atoms with Crippen LogP contribution < -0.4 is 5.73 Å². The molecule has 0 fully saturated rings. The molecule has 0 spiro atoms. The molecule has 2 aromatic rings. The third-order valence-corrected chi connectivity index (χ3v) is 3.79. The predicted octanol–water partition coefficient (Wildman–Crippen LogP) is 1.28.